The maximum atomic E-state index is 12.0. The summed E-state index contributed by atoms with van der Waals surface area (Å²) in [7, 11) is 0. The molecular weight excluding hydrogens is 412 g/mol. The molecule has 0 radical (unpaired) electrons. The molecule has 0 atom stereocenters. The standard InChI is InChI=1S/C29H50O4/c1-3-4-5-6-7-8-9-10-11-12-16-21-27(31)23-18-15-19-24-28(32)22-17-13-14-20-25-29(33)26(2)30/h11-12H,3-10,13-25H2,1-2H3/b12-11+. The van der Waals surface area contributed by atoms with Crippen LogP contribution < -0.4 is 0 Å². The summed E-state index contributed by atoms with van der Waals surface area (Å²) in [4.78, 5) is 46.0. The average Bonchev–Trinajstić information content (AvgIpc) is 2.79. The van der Waals surface area contributed by atoms with Crippen molar-refractivity contribution in [1.29, 1.82) is 0 Å². The molecule has 0 aromatic carbocycles. The van der Waals surface area contributed by atoms with E-state index in [-0.39, 0.29) is 11.6 Å². The molecular formula is C29H50O4. The summed E-state index contributed by atoms with van der Waals surface area (Å²) in [5.74, 6) is -0.0185. The Morgan fingerprint density at radius 3 is 1.48 bits per heavy atom. The van der Waals surface area contributed by atoms with Crippen LogP contribution in [0.5, 0.6) is 0 Å². The van der Waals surface area contributed by atoms with Crippen molar-refractivity contribution in [3.63, 3.8) is 0 Å². The lowest BCUT2D eigenvalue weighted by atomic mass is 10.0. The highest BCUT2D eigenvalue weighted by Crippen LogP contribution is 2.12. The van der Waals surface area contributed by atoms with Crippen LogP contribution in [0.3, 0.4) is 0 Å². The van der Waals surface area contributed by atoms with Gasteiger partial charge in [-0.1, -0.05) is 76.9 Å². The number of carbonyl (C=O) groups excluding carboxylic acids is 4. The first-order chi connectivity index (χ1) is 16.0. The molecule has 4 nitrogen and oxygen atoms in total. The largest absolute Gasteiger partial charge is 0.300 e. The van der Waals surface area contributed by atoms with E-state index in [1.807, 2.05) is 0 Å². The summed E-state index contributed by atoms with van der Waals surface area (Å²) in [6.45, 7) is 3.56. The molecule has 0 N–H and O–H groups in total. The molecule has 0 aliphatic heterocycles. The van der Waals surface area contributed by atoms with E-state index >= 15 is 0 Å². The zero-order valence-corrected chi connectivity index (χ0v) is 21.6. The molecule has 0 saturated heterocycles. The summed E-state index contributed by atoms with van der Waals surface area (Å²) in [6.07, 6.45) is 24.7. The van der Waals surface area contributed by atoms with Crippen LogP contribution in [0.25, 0.3) is 0 Å². The van der Waals surface area contributed by atoms with Gasteiger partial charge in [-0.05, 0) is 44.9 Å². The van der Waals surface area contributed by atoms with Crippen LogP contribution in [0.1, 0.15) is 149 Å². The second-order valence-electron chi connectivity index (χ2n) is 9.45. The predicted molar refractivity (Wildman–Crippen MR) is 137 cm³/mol. The summed E-state index contributed by atoms with van der Waals surface area (Å²) in [6, 6.07) is 0. The molecule has 190 valence electrons. The van der Waals surface area contributed by atoms with Crippen molar-refractivity contribution < 1.29 is 19.2 Å². The molecule has 0 aromatic heterocycles. The minimum atomic E-state index is -0.363. The lowest BCUT2D eigenvalue weighted by molar-refractivity contribution is -0.135. The second kappa shape index (κ2) is 23.6. The van der Waals surface area contributed by atoms with Crippen molar-refractivity contribution in [2.75, 3.05) is 0 Å². The molecule has 0 aliphatic carbocycles. The van der Waals surface area contributed by atoms with Crippen molar-refractivity contribution in [2.45, 2.75) is 149 Å². The number of unbranched alkanes of at least 4 members (excludes halogenated alkanes) is 12. The van der Waals surface area contributed by atoms with Crippen molar-refractivity contribution in [3.8, 4) is 0 Å². The number of carbonyl (C=O) groups is 4. The smallest absolute Gasteiger partial charge is 0.198 e. The first kappa shape index (κ1) is 31.4. The minimum Gasteiger partial charge on any atom is -0.300 e. The zero-order chi connectivity index (χ0) is 24.6. The number of hydrogen-bond acceptors (Lipinski definition) is 4. The van der Waals surface area contributed by atoms with Gasteiger partial charge in [-0.15, -0.1) is 0 Å². The minimum absolute atomic E-state index is 0.292. The van der Waals surface area contributed by atoms with Gasteiger partial charge < -0.3 is 0 Å². The Balaban J connectivity index is 3.43. The Morgan fingerprint density at radius 2 is 0.909 bits per heavy atom. The van der Waals surface area contributed by atoms with Gasteiger partial charge in [0.25, 0.3) is 0 Å². The third kappa shape index (κ3) is 23.4. The average molecular weight is 463 g/mol. The summed E-state index contributed by atoms with van der Waals surface area (Å²) in [5, 5.41) is 0. The fraction of sp³-hybridized carbons (Fsp3) is 0.793. The molecule has 4 heteroatoms. The number of Topliss-reactive ketones (excluding diaryl/α,β-unsaturated/α-hetero) is 4. The fourth-order valence-corrected chi connectivity index (χ4v) is 3.91. The zero-order valence-electron chi connectivity index (χ0n) is 21.6. The molecule has 33 heavy (non-hydrogen) atoms. The molecule has 0 unspecified atom stereocenters. The van der Waals surface area contributed by atoms with Crippen LogP contribution in [-0.2, 0) is 19.2 Å². The molecule has 0 spiro atoms. The quantitative estimate of drug-likeness (QED) is 0.0781. The topological polar surface area (TPSA) is 68.3 Å². The van der Waals surface area contributed by atoms with Crippen LogP contribution in [0.4, 0.5) is 0 Å². The van der Waals surface area contributed by atoms with Crippen molar-refractivity contribution in [1.82, 2.24) is 0 Å². The van der Waals surface area contributed by atoms with Crippen molar-refractivity contribution in [2.24, 2.45) is 0 Å². The van der Waals surface area contributed by atoms with E-state index in [4.69, 9.17) is 0 Å². The molecule has 0 rings (SSSR count). The third-order valence-electron chi connectivity index (χ3n) is 6.14. The molecule has 0 amide bonds. The van der Waals surface area contributed by atoms with Gasteiger partial charge >= 0.3 is 0 Å². The Kier molecular flexibility index (Phi) is 22.4. The van der Waals surface area contributed by atoms with E-state index in [1.54, 1.807) is 0 Å². The summed E-state index contributed by atoms with van der Waals surface area (Å²) >= 11 is 0. The van der Waals surface area contributed by atoms with E-state index in [0.717, 1.165) is 57.8 Å². The van der Waals surface area contributed by atoms with Gasteiger partial charge in [0, 0.05) is 39.0 Å². The van der Waals surface area contributed by atoms with Gasteiger partial charge in [-0.2, -0.15) is 0 Å². The second-order valence-corrected chi connectivity index (χ2v) is 9.45. The van der Waals surface area contributed by atoms with Gasteiger partial charge in [0.15, 0.2) is 11.6 Å². The molecule has 0 saturated carbocycles. The Morgan fingerprint density at radius 1 is 0.485 bits per heavy atom. The third-order valence-corrected chi connectivity index (χ3v) is 6.14. The van der Waals surface area contributed by atoms with E-state index < -0.39 is 0 Å². The van der Waals surface area contributed by atoms with E-state index in [1.165, 1.54) is 51.9 Å². The van der Waals surface area contributed by atoms with Crippen LogP contribution in [-0.4, -0.2) is 23.1 Å². The highest BCUT2D eigenvalue weighted by molar-refractivity contribution is 6.36. The summed E-state index contributed by atoms with van der Waals surface area (Å²) < 4.78 is 0. The number of allylic oxidation sites excluding steroid dienone is 2. The van der Waals surface area contributed by atoms with Crippen LogP contribution in [0.15, 0.2) is 12.2 Å². The van der Waals surface area contributed by atoms with Crippen molar-refractivity contribution >= 4 is 23.1 Å². The molecule has 0 bridgehead atoms. The number of hydrogen-bond donors (Lipinski definition) is 0. The maximum absolute atomic E-state index is 12.0. The molecule has 0 fully saturated rings. The highest BCUT2D eigenvalue weighted by atomic mass is 16.2. The lowest BCUT2D eigenvalue weighted by Gasteiger charge is -2.03. The first-order valence-electron chi connectivity index (χ1n) is 13.7. The molecule has 0 aromatic rings. The number of ketones is 4. The van der Waals surface area contributed by atoms with Gasteiger partial charge in [0.2, 0.25) is 0 Å². The van der Waals surface area contributed by atoms with E-state index in [0.29, 0.717) is 43.7 Å². The monoisotopic (exact) mass is 462 g/mol. The van der Waals surface area contributed by atoms with Crippen molar-refractivity contribution in [3.05, 3.63) is 12.2 Å². The van der Waals surface area contributed by atoms with Gasteiger partial charge in [0.05, 0.1) is 0 Å². The van der Waals surface area contributed by atoms with Gasteiger partial charge in [0.1, 0.15) is 11.6 Å². The molecule has 0 heterocycles. The Labute approximate surface area is 203 Å². The number of rotatable bonds is 25. The summed E-state index contributed by atoms with van der Waals surface area (Å²) in [5.41, 5.74) is 0. The van der Waals surface area contributed by atoms with Crippen LogP contribution in [0.2, 0.25) is 0 Å². The highest BCUT2D eigenvalue weighted by Gasteiger charge is 2.07. The van der Waals surface area contributed by atoms with Gasteiger partial charge in [-0.25, -0.2) is 0 Å². The van der Waals surface area contributed by atoms with Crippen LogP contribution in [0, 0.1) is 0 Å². The Bertz CT molecular complexity index is 562. The Hall–Kier alpha value is -1.58. The lowest BCUT2D eigenvalue weighted by Crippen LogP contribution is -2.08. The van der Waals surface area contributed by atoms with Gasteiger partial charge in [-0.3, -0.25) is 19.2 Å². The molecule has 0 aliphatic rings. The van der Waals surface area contributed by atoms with E-state index in [2.05, 4.69) is 19.1 Å². The normalized spacial score (nSPS) is 11.2. The van der Waals surface area contributed by atoms with Crippen LogP contribution >= 0.6 is 0 Å². The maximum Gasteiger partial charge on any atom is 0.198 e. The predicted octanol–water partition coefficient (Wildman–Crippen LogP) is 8.05. The fourth-order valence-electron chi connectivity index (χ4n) is 3.91. The SMILES string of the molecule is CCCCCCCCC/C=C/CCC(=O)CCCCCC(=O)CCCCCCC(=O)C(C)=O. The van der Waals surface area contributed by atoms with E-state index in [9.17, 15) is 19.2 Å². The first-order valence-corrected chi connectivity index (χ1v) is 13.7.